The molecule has 0 radical (unpaired) electrons. The summed E-state index contributed by atoms with van der Waals surface area (Å²) in [6.45, 7) is 1.73. The van der Waals surface area contributed by atoms with Crippen molar-refractivity contribution in [2.24, 2.45) is 7.05 Å². The quantitative estimate of drug-likeness (QED) is 0.327. The molecule has 0 aliphatic heterocycles. The molecular weight excluding hydrogens is 523 g/mol. The maximum atomic E-state index is 14.4. The van der Waals surface area contributed by atoms with Gasteiger partial charge in [-0.15, -0.1) is 5.10 Å². The van der Waals surface area contributed by atoms with Gasteiger partial charge in [-0.05, 0) is 48.7 Å². The minimum absolute atomic E-state index is 0.0197. The maximum absolute atomic E-state index is 14.4. The van der Waals surface area contributed by atoms with E-state index in [-0.39, 0.29) is 11.4 Å². The van der Waals surface area contributed by atoms with Crippen LogP contribution in [0.3, 0.4) is 0 Å². The summed E-state index contributed by atoms with van der Waals surface area (Å²) in [5.41, 5.74) is 8.00. The lowest BCUT2D eigenvalue weighted by Gasteiger charge is -2.21. The number of nitrogens with zero attached hydrogens (tertiary/aromatic N) is 6. The second-order valence-electron chi connectivity index (χ2n) is 9.46. The number of nitrogens with one attached hydrogen (secondary N) is 1. The van der Waals surface area contributed by atoms with Crippen molar-refractivity contribution in [3.63, 3.8) is 0 Å². The van der Waals surface area contributed by atoms with E-state index in [4.69, 9.17) is 5.73 Å². The molecule has 2 aromatic carbocycles. The minimum atomic E-state index is -0.703. The van der Waals surface area contributed by atoms with Crippen molar-refractivity contribution in [1.82, 2.24) is 34.3 Å². The molecule has 0 bridgehead atoms. The minimum Gasteiger partial charge on any atom is -0.381 e. The van der Waals surface area contributed by atoms with Crippen LogP contribution in [0, 0.1) is 17.7 Å². The summed E-state index contributed by atoms with van der Waals surface area (Å²) >= 11 is 0. The van der Waals surface area contributed by atoms with Gasteiger partial charge in [0.15, 0.2) is 11.5 Å². The summed E-state index contributed by atoms with van der Waals surface area (Å²) in [5, 5.41) is 12.2. The van der Waals surface area contributed by atoms with E-state index < -0.39 is 23.3 Å². The maximum Gasteiger partial charge on any atom is 0.264 e. The molecule has 0 aliphatic carbocycles. The van der Waals surface area contributed by atoms with E-state index in [0.29, 0.717) is 38.9 Å². The van der Waals surface area contributed by atoms with Crippen LogP contribution in [0.5, 0.6) is 0 Å². The molecule has 202 valence electrons. The Bertz CT molecular complexity index is 2100. The molecule has 0 saturated heterocycles. The molecule has 1 amide bonds. The number of carbonyl (C=O) groups excluding carboxylic acids is 1. The van der Waals surface area contributed by atoms with Gasteiger partial charge in [-0.2, -0.15) is 5.10 Å². The smallest absolute Gasteiger partial charge is 0.264 e. The Kier molecular flexibility index (Phi) is 6.28. The van der Waals surface area contributed by atoms with Gasteiger partial charge < -0.3 is 11.1 Å². The molecule has 0 spiro atoms. The summed E-state index contributed by atoms with van der Waals surface area (Å²) in [5.74, 6) is 5.12. The van der Waals surface area contributed by atoms with Gasteiger partial charge in [-0.25, -0.2) is 13.9 Å². The molecule has 0 saturated carbocycles. The van der Waals surface area contributed by atoms with Crippen LogP contribution in [-0.2, 0) is 7.05 Å². The van der Waals surface area contributed by atoms with Crippen molar-refractivity contribution in [3.05, 3.63) is 118 Å². The standard InChI is InChI=1S/C30H23FN8O2/c1-18(35-29(40)26-27(32)36-38-13-5-12-33-28(26)38)24-14-21-7-3-6-20(11-10-19-16-34-37(2)17-19)25(21)30(41)39(24)23-9-4-8-22(31)15-23/h3-9,12-18H,1-2H3,(H2,32,36)(H,35,40)/t18-/m1/s1. The lowest BCUT2D eigenvalue weighted by atomic mass is 10.0. The van der Waals surface area contributed by atoms with Crippen molar-refractivity contribution in [2.75, 3.05) is 5.73 Å². The summed E-state index contributed by atoms with van der Waals surface area (Å²) < 4.78 is 18.8. The van der Waals surface area contributed by atoms with Crippen molar-refractivity contribution < 1.29 is 9.18 Å². The first-order valence-corrected chi connectivity index (χ1v) is 12.6. The summed E-state index contributed by atoms with van der Waals surface area (Å²) in [6.07, 6.45) is 6.59. The first-order valence-electron chi connectivity index (χ1n) is 12.6. The van der Waals surface area contributed by atoms with Crippen LogP contribution < -0.4 is 16.6 Å². The van der Waals surface area contributed by atoms with Crippen molar-refractivity contribution in [1.29, 1.82) is 0 Å². The van der Waals surface area contributed by atoms with Gasteiger partial charge in [0.25, 0.3) is 11.5 Å². The molecule has 41 heavy (non-hydrogen) atoms. The van der Waals surface area contributed by atoms with Gasteiger partial charge >= 0.3 is 0 Å². The third-order valence-electron chi connectivity index (χ3n) is 6.63. The number of amides is 1. The second kappa shape index (κ2) is 10.1. The number of fused-ring (bicyclic) bond motifs is 2. The number of hydrogen-bond donors (Lipinski definition) is 2. The van der Waals surface area contributed by atoms with Crippen LogP contribution >= 0.6 is 0 Å². The Balaban J connectivity index is 1.49. The highest BCUT2D eigenvalue weighted by molar-refractivity contribution is 6.04. The third-order valence-corrected chi connectivity index (χ3v) is 6.63. The fourth-order valence-electron chi connectivity index (χ4n) is 4.78. The zero-order valence-corrected chi connectivity index (χ0v) is 22.0. The molecule has 4 heterocycles. The largest absolute Gasteiger partial charge is 0.381 e. The predicted molar refractivity (Wildman–Crippen MR) is 152 cm³/mol. The van der Waals surface area contributed by atoms with Crippen molar-refractivity contribution >= 4 is 28.1 Å². The number of pyridine rings is 1. The molecule has 0 unspecified atom stereocenters. The number of nitrogens with two attached hydrogens (primary N) is 1. The average Bonchev–Trinajstić information content (AvgIpc) is 3.52. The van der Waals surface area contributed by atoms with Crippen LogP contribution in [0.4, 0.5) is 10.2 Å². The van der Waals surface area contributed by atoms with Crippen LogP contribution in [-0.4, -0.2) is 34.9 Å². The number of aryl methyl sites for hydroxylation is 1. The molecule has 0 aliphatic rings. The van der Waals surface area contributed by atoms with E-state index in [1.54, 1.807) is 73.6 Å². The molecule has 4 aromatic heterocycles. The van der Waals surface area contributed by atoms with E-state index >= 15 is 0 Å². The number of carbonyl (C=O) groups is 1. The van der Waals surface area contributed by atoms with E-state index in [2.05, 4.69) is 32.3 Å². The molecular formula is C30H23FN8O2. The number of anilines is 1. The monoisotopic (exact) mass is 546 g/mol. The highest BCUT2D eigenvalue weighted by Crippen LogP contribution is 2.25. The molecule has 10 nitrogen and oxygen atoms in total. The number of hydrogen-bond acceptors (Lipinski definition) is 6. The van der Waals surface area contributed by atoms with Gasteiger partial charge in [-0.3, -0.25) is 18.8 Å². The fraction of sp³-hybridized carbons (Fsp3) is 0.100. The van der Waals surface area contributed by atoms with Crippen LogP contribution in [0.1, 0.15) is 40.1 Å². The third kappa shape index (κ3) is 4.68. The van der Waals surface area contributed by atoms with Gasteiger partial charge in [-0.1, -0.05) is 30.0 Å². The highest BCUT2D eigenvalue weighted by Gasteiger charge is 2.24. The number of benzene rings is 2. The van der Waals surface area contributed by atoms with Crippen molar-refractivity contribution in [3.8, 4) is 17.5 Å². The van der Waals surface area contributed by atoms with Gasteiger partial charge in [0.2, 0.25) is 0 Å². The van der Waals surface area contributed by atoms with Crippen LogP contribution in [0.2, 0.25) is 0 Å². The Morgan fingerprint density at radius 3 is 2.73 bits per heavy atom. The number of rotatable bonds is 4. The van der Waals surface area contributed by atoms with Crippen LogP contribution in [0.15, 0.2) is 84.2 Å². The molecule has 6 rings (SSSR count). The summed E-state index contributed by atoms with van der Waals surface area (Å²) in [6, 6.07) is 13.8. The zero-order chi connectivity index (χ0) is 28.7. The van der Waals surface area contributed by atoms with E-state index in [9.17, 15) is 14.0 Å². The number of nitrogen functional groups attached to an aromatic ring is 1. The van der Waals surface area contributed by atoms with Gasteiger partial charge in [0, 0.05) is 36.9 Å². The lowest BCUT2D eigenvalue weighted by molar-refractivity contribution is 0.0941. The van der Waals surface area contributed by atoms with Crippen LogP contribution in [0.25, 0.3) is 22.1 Å². The Labute approximate surface area is 232 Å². The Morgan fingerprint density at radius 2 is 1.95 bits per heavy atom. The average molecular weight is 547 g/mol. The summed E-state index contributed by atoms with van der Waals surface area (Å²) in [4.78, 5) is 31.8. The fourth-order valence-corrected chi connectivity index (χ4v) is 4.78. The number of aromatic nitrogens is 6. The zero-order valence-electron chi connectivity index (χ0n) is 22.0. The second-order valence-corrected chi connectivity index (χ2v) is 9.46. The first kappa shape index (κ1) is 25.5. The molecule has 0 fully saturated rings. The topological polar surface area (TPSA) is 125 Å². The van der Waals surface area contributed by atoms with E-state index in [1.807, 2.05) is 0 Å². The Morgan fingerprint density at radius 1 is 1.12 bits per heavy atom. The first-order chi connectivity index (χ1) is 19.8. The SMILES string of the molecule is C[C@@H](NC(=O)c1c(N)nn2cccnc12)c1cc2cccc(C#Cc3cnn(C)c3)c2c(=O)n1-c1cccc(F)c1. The van der Waals surface area contributed by atoms with Crippen molar-refractivity contribution in [2.45, 2.75) is 13.0 Å². The summed E-state index contributed by atoms with van der Waals surface area (Å²) in [7, 11) is 1.79. The normalized spacial score (nSPS) is 11.8. The highest BCUT2D eigenvalue weighted by atomic mass is 19.1. The van der Waals surface area contributed by atoms with Gasteiger partial charge in [0.1, 0.15) is 11.4 Å². The number of halogens is 1. The molecule has 1 atom stereocenters. The lowest BCUT2D eigenvalue weighted by Crippen LogP contribution is -2.32. The predicted octanol–water partition coefficient (Wildman–Crippen LogP) is 3.38. The molecule has 3 N–H and O–H groups in total. The Hall–Kier alpha value is -5.76. The molecule has 6 aromatic rings. The van der Waals surface area contributed by atoms with Gasteiger partial charge in [0.05, 0.1) is 28.9 Å². The van der Waals surface area contributed by atoms with E-state index in [0.717, 1.165) is 0 Å². The van der Waals surface area contributed by atoms with E-state index in [1.165, 1.54) is 33.5 Å². The molecule has 11 heteroatoms.